The van der Waals surface area contributed by atoms with Crippen LogP contribution in [0.15, 0.2) is 18.2 Å². The summed E-state index contributed by atoms with van der Waals surface area (Å²) < 4.78 is 22.6. The van der Waals surface area contributed by atoms with E-state index in [0.717, 1.165) is 37.8 Å². The predicted molar refractivity (Wildman–Crippen MR) is 94.0 cm³/mol. The quantitative estimate of drug-likeness (QED) is 0.825. The van der Waals surface area contributed by atoms with Gasteiger partial charge in [-0.3, -0.25) is 9.59 Å². The van der Waals surface area contributed by atoms with Crippen LogP contribution in [0, 0.1) is 0 Å². The summed E-state index contributed by atoms with van der Waals surface area (Å²) in [5, 5.41) is 2.61. The third-order valence-electron chi connectivity index (χ3n) is 4.06. The second-order valence-corrected chi connectivity index (χ2v) is 8.39. The lowest BCUT2D eigenvalue weighted by Gasteiger charge is -2.36. The van der Waals surface area contributed by atoms with Crippen LogP contribution in [0.5, 0.6) is 0 Å². The van der Waals surface area contributed by atoms with Crippen molar-refractivity contribution in [1.29, 1.82) is 0 Å². The number of amides is 2. The molecule has 0 aliphatic carbocycles. The molecule has 8 heteroatoms. The Balaban J connectivity index is 2.35. The first-order valence-electron chi connectivity index (χ1n) is 7.85. The van der Waals surface area contributed by atoms with Gasteiger partial charge in [0, 0.05) is 24.4 Å². The molecule has 24 heavy (non-hydrogen) atoms. The number of hydrogen-bond donors (Lipinski definition) is 2. The maximum atomic E-state index is 12.0. The Morgan fingerprint density at radius 3 is 2.62 bits per heavy atom. The smallest absolute Gasteiger partial charge is 0.248 e. The van der Waals surface area contributed by atoms with Gasteiger partial charge < -0.3 is 16.0 Å². The first-order valence-corrected chi connectivity index (χ1v) is 9.91. The number of nitrogens with one attached hydrogen (secondary N) is 1. The van der Waals surface area contributed by atoms with Crippen LogP contribution in [-0.4, -0.2) is 44.8 Å². The van der Waals surface area contributed by atoms with Gasteiger partial charge in [0.25, 0.3) is 0 Å². The molecule has 1 atom stereocenters. The third-order valence-corrected chi connectivity index (χ3v) is 4.85. The highest BCUT2D eigenvalue weighted by molar-refractivity contribution is 7.91. The number of hydrogen-bond acceptors (Lipinski definition) is 5. The highest BCUT2D eigenvalue weighted by Gasteiger charge is 2.23. The van der Waals surface area contributed by atoms with E-state index in [1.54, 1.807) is 12.1 Å². The number of carbonyl (C=O) groups is 2. The number of sulfone groups is 1. The lowest BCUT2D eigenvalue weighted by molar-refractivity contribution is -0.113. The zero-order valence-electron chi connectivity index (χ0n) is 13.9. The molecular formula is C16H23N3O4S. The van der Waals surface area contributed by atoms with Gasteiger partial charge in [0.05, 0.1) is 11.4 Å². The summed E-state index contributed by atoms with van der Waals surface area (Å²) in [5.41, 5.74) is 6.76. The summed E-state index contributed by atoms with van der Waals surface area (Å²) in [6.07, 6.45) is 4.22. The molecule has 0 radical (unpaired) electrons. The Labute approximate surface area is 142 Å². The topological polar surface area (TPSA) is 110 Å². The van der Waals surface area contributed by atoms with Gasteiger partial charge in [0.15, 0.2) is 9.84 Å². The number of rotatable bonds is 5. The Morgan fingerprint density at radius 1 is 1.33 bits per heavy atom. The number of benzene rings is 1. The largest absolute Gasteiger partial charge is 0.367 e. The molecule has 0 saturated carbocycles. The molecule has 0 bridgehead atoms. The normalized spacial score (nSPS) is 18.2. The monoisotopic (exact) mass is 353 g/mol. The fraction of sp³-hybridized carbons (Fsp3) is 0.500. The van der Waals surface area contributed by atoms with Crippen molar-refractivity contribution in [2.24, 2.45) is 5.73 Å². The Morgan fingerprint density at radius 2 is 2.04 bits per heavy atom. The molecule has 1 unspecified atom stereocenters. The third kappa shape index (κ3) is 4.70. The summed E-state index contributed by atoms with van der Waals surface area (Å²) in [5.74, 6) is -1.85. The number of piperidine rings is 1. The average molecular weight is 353 g/mol. The highest BCUT2D eigenvalue weighted by Crippen LogP contribution is 2.32. The van der Waals surface area contributed by atoms with Crippen LogP contribution in [0.4, 0.5) is 11.4 Å². The van der Waals surface area contributed by atoms with E-state index in [0.29, 0.717) is 11.7 Å². The van der Waals surface area contributed by atoms with Crippen LogP contribution < -0.4 is 16.0 Å². The van der Waals surface area contributed by atoms with Crippen molar-refractivity contribution in [2.45, 2.75) is 32.2 Å². The highest BCUT2D eigenvalue weighted by atomic mass is 32.2. The molecule has 1 aromatic carbocycles. The van der Waals surface area contributed by atoms with Crippen LogP contribution in [-0.2, 0) is 14.6 Å². The Bertz CT molecular complexity index is 746. The predicted octanol–water partition coefficient (Wildman–Crippen LogP) is 1.15. The number of nitrogens with zero attached hydrogens (tertiary/aromatic N) is 1. The molecule has 1 aliphatic heterocycles. The van der Waals surface area contributed by atoms with Gasteiger partial charge in [-0.2, -0.15) is 0 Å². The maximum Gasteiger partial charge on any atom is 0.248 e. The Kier molecular flexibility index (Phi) is 5.48. The van der Waals surface area contributed by atoms with E-state index in [2.05, 4.69) is 17.1 Å². The standard InChI is InChI=1S/C16H23N3O4S/c1-11-5-3-4-8-19(11)14-7-6-12(16(17)21)9-13(14)18-15(20)10-24(2,22)23/h6-7,9,11H,3-5,8,10H2,1-2H3,(H2,17,21)(H,18,20). The summed E-state index contributed by atoms with van der Waals surface area (Å²) in [7, 11) is -3.44. The number of nitrogens with two attached hydrogens (primary N) is 1. The van der Waals surface area contributed by atoms with E-state index >= 15 is 0 Å². The van der Waals surface area contributed by atoms with Gasteiger partial charge in [-0.05, 0) is 44.4 Å². The first kappa shape index (κ1) is 18.3. The summed E-state index contributed by atoms with van der Waals surface area (Å²) in [6, 6.07) is 5.16. The number of anilines is 2. The molecule has 132 valence electrons. The van der Waals surface area contributed by atoms with Crippen molar-refractivity contribution in [1.82, 2.24) is 0 Å². The van der Waals surface area contributed by atoms with Crippen LogP contribution in [0.25, 0.3) is 0 Å². The number of primary amides is 1. The van der Waals surface area contributed by atoms with Gasteiger partial charge in [-0.25, -0.2) is 8.42 Å². The van der Waals surface area contributed by atoms with E-state index in [-0.39, 0.29) is 5.56 Å². The molecule has 0 aromatic heterocycles. The van der Waals surface area contributed by atoms with E-state index in [1.807, 2.05) is 0 Å². The van der Waals surface area contributed by atoms with Crippen molar-refractivity contribution < 1.29 is 18.0 Å². The molecule has 1 fully saturated rings. The summed E-state index contributed by atoms with van der Waals surface area (Å²) in [6.45, 7) is 2.94. The van der Waals surface area contributed by atoms with Crippen molar-refractivity contribution in [3.05, 3.63) is 23.8 Å². The molecule has 3 N–H and O–H groups in total. The zero-order chi connectivity index (χ0) is 17.9. The SMILES string of the molecule is CC1CCCCN1c1ccc(C(N)=O)cc1NC(=O)CS(C)(=O)=O. The van der Waals surface area contributed by atoms with E-state index < -0.39 is 27.4 Å². The summed E-state index contributed by atoms with van der Waals surface area (Å²) >= 11 is 0. The van der Waals surface area contributed by atoms with Crippen molar-refractivity contribution in [2.75, 3.05) is 28.8 Å². The molecule has 7 nitrogen and oxygen atoms in total. The van der Waals surface area contributed by atoms with Crippen LogP contribution in [0.3, 0.4) is 0 Å². The lowest BCUT2D eigenvalue weighted by Crippen LogP contribution is -2.38. The van der Waals surface area contributed by atoms with E-state index in [1.165, 1.54) is 6.07 Å². The molecule has 2 amide bonds. The van der Waals surface area contributed by atoms with Crippen LogP contribution >= 0.6 is 0 Å². The van der Waals surface area contributed by atoms with E-state index in [4.69, 9.17) is 5.73 Å². The van der Waals surface area contributed by atoms with Crippen LogP contribution in [0.2, 0.25) is 0 Å². The number of carbonyl (C=O) groups excluding carboxylic acids is 2. The van der Waals surface area contributed by atoms with Gasteiger partial charge >= 0.3 is 0 Å². The first-order chi connectivity index (χ1) is 11.2. The van der Waals surface area contributed by atoms with Gasteiger partial charge in [-0.1, -0.05) is 0 Å². The minimum absolute atomic E-state index is 0.262. The van der Waals surface area contributed by atoms with Gasteiger partial charge in [0.1, 0.15) is 5.75 Å². The van der Waals surface area contributed by atoms with Crippen LogP contribution in [0.1, 0.15) is 36.5 Å². The molecule has 0 spiro atoms. The second kappa shape index (κ2) is 7.21. The molecule has 1 aromatic rings. The van der Waals surface area contributed by atoms with Gasteiger partial charge in [-0.15, -0.1) is 0 Å². The second-order valence-electron chi connectivity index (χ2n) is 6.25. The summed E-state index contributed by atoms with van der Waals surface area (Å²) in [4.78, 5) is 25.6. The average Bonchev–Trinajstić information content (AvgIpc) is 2.46. The fourth-order valence-corrected chi connectivity index (χ4v) is 3.47. The van der Waals surface area contributed by atoms with Crippen molar-refractivity contribution >= 4 is 33.0 Å². The fourth-order valence-electron chi connectivity index (χ4n) is 2.92. The molecule has 2 rings (SSSR count). The molecule has 1 heterocycles. The zero-order valence-corrected chi connectivity index (χ0v) is 14.7. The van der Waals surface area contributed by atoms with Crippen molar-refractivity contribution in [3.8, 4) is 0 Å². The minimum atomic E-state index is -3.44. The van der Waals surface area contributed by atoms with Gasteiger partial charge in [0.2, 0.25) is 11.8 Å². The minimum Gasteiger partial charge on any atom is -0.367 e. The molecule has 1 saturated heterocycles. The molecular weight excluding hydrogens is 330 g/mol. The Hall–Kier alpha value is -2.09. The lowest BCUT2D eigenvalue weighted by atomic mass is 10.0. The van der Waals surface area contributed by atoms with Crippen molar-refractivity contribution in [3.63, 3.8) is 0 Å². The van der Waals surface area contributed by atoms with E-state index in [9.17, 15) is 18.0 Å². The molecule has 1 aliphatic rings. The maximum absolute atomic E-state index is 12.0.